The molecule has 0 aliphatic rings. The third-order valence-electron chi connectivity index (χ3n) is 2.68. The summed E-state index contributed by atoms with van der Waals surface area (Å²) in [6, 6.07) is 4.33. The van der Waals surface area contributed by atoms with Crippen molar-refractivity contribution in [2.45, 2.75) is 6.92 Å². The molecule has 1 heterocycles. The molecule has 0 spiro atoms. The van der Waals surface area contributed by atoms with E-state index in [1.165, 1.54) is 6.07 Å². The maximum Gasteiger partial charge on any atom is 0.274 e. The fourth-order valence-corrected chi connectivity index (χ4v) is 1.73. The minimum atomic E-state index is -0.857. The Morgan fingerprint density at radius 3 is 2.77 bits per heavy atom. The summed E-state index contributed by atoms with van der Waals surface area (Å²) in [7, 11) is 0. The molecular formula is C15H14F2N4O. The summed E-state index contributed by atoms with van der Waals surface area (Å²) in [5, 5.41) is 5.29. The fraction of sp³-hybridized carbons (Fsp3) is 0.133. The summed E-state index contributed by atoms with van der Waals surface area (Å²) in [6.07, 6.45) is 1.64. The van der Waals surface area contributed by atoms with Gasteiger partial charge in [-0.2, -0.15) is 0 Å². The quantitative estimate of drug-likeness (QED) is 0.834. The molecule has 0 aliphatic carbocycles. The maximum atomic E-state index is 13.5. The molecule has 2 aromatic rings. The molecule has 0 aliphatic heterocycles. The summed E-state index contributed by atoms with van der Waals surface area (Å²) in [5.41, 5.74) is -0.0500. The predicted octanol–water partition coefficient (Wildman–Crippen LogP) is 2.91. The number of rotatable bonds is 5. The van der Waals surface area contributed by atoms with Gasteiger partial charge in [-0.1, -0.05) is 6.08 Å². The number of aromatic nitrogens is 2. The molecular weight excluding hydrogens is 290 g/mol. The molecule has 114 valence electrons. The van der Waals surface area contributed by atoms with Gasteiger partial charge in [0.15, 0.2) is 0 Å². The second-order valence-electron chi connectivity index (χ2n) is 4.43. The number of carbonyl (C=O) groups is 1. The number of halogens is 2. The number of anilines is 2. The van der Waals surface area contributed by atoms with Gasteiger partial charge in [-0.15, -0.1) is 6.58 Å². The van der Waals surface area contributed by atoms with E-state index in [-0.39, 0.29) is 11.4 Å². The van der Waals surface area contributed by atoms with Crippen LogP contribution in [0.3, 0.4) is 0 Å². The van der Waals surface area contributed by atoms with Gasteiger partial charge in [-0.3, -0.25) is 4.79 Å². The average molecular weight is 304 g/mol. The lowest BCUT2D eigenvalue weighted by molar-refractivity contribution is 0.102. The van der Waals surface area contributed by atoms with Crippen LogP contribution in [0.4, 0.5) is 20.3 Å². The zero-order valence-corrected chi connectivity index (χ0v) is 11.9. The monoisotopic (exact) mass is 304 g/mol. The predicted molar refractivity (Wildman–Crippen MR) is 79.8 cm³/mol. The number of hydrogen-bond donors (Lipinski definition) is 2. The maximum absolute atomic E-state index is 13.5. The molecule has 0 fully saturated rings. The summed E-state index contributed by atoms with van der Waals surface area (Å²) in [6.45, 7) is 5.68. The number of amides is 1. The number of nitrogens with one attached hydrogen (secondary N) is 2. The Labute approximate surface area is 126 Å². The van der Waals surface area contributed by atoms with Crippen LogP contribution < -0.4 is 10.6 Å². The van der Waals surface area contributed by atoms with Gasteiger partial charge in [-0.25, -0.2) is 18.7 Å². The summed E-state index contributed by atoms with van der Waals surface area (Å²) >= 11 is 0. The van der Waals surface area contributed by atoms with Crippen LogP contribution in [0.1, 0.15) is 16.3 Å². The first-order valence-electron chi connectivity index (χ1n) is 6.46. The molecule has 1 amide bonds. The smallest absolute Gasteiger partial charge is 0.274 e. The van der Waals surface area contributed by atoms with Crippen LogP contribution in [0, 0.1) is 18.6 Å². The van der Waals surface area contributed by atoms with Crippen molar-refractivity contribution in [2.75, 3.05) is 17.2 Å². The van der Waals surface area contributed by atoms with Crippen LogP contribution in [0.15, 0.2) is 36.9 Å². The molecule has 5 nitrogen and oxygen atoms in total. The number of nitrogens with zero attached hydrogens (tertiary/aromatic N) is 2. The van der Waals surface area contributed by atoms with E-state index in [4.69, 9.17) is 0 Å². The first-order chi connectivity index (χ1) is 10.5. The Balaban J connectivity index is 2.21. The van der Waals surface area contributed by atoms with E-state index in [0.717, 1.165) is 12.1 Å². The topological polar surface area (TPSA) is 66.9 Å². The Morgan fingerprint density at radius 2 is 2.09 bits per heavy atom. The van der Waals surface area contributed by atoms with Gasteiger partial charge in [0.25, 0.3) is 5.91 Å². The van der Waals surface area contributed by atoms with E-state index < -0.39 is 17.5 Å². The van der Waals surface area contributed by atoms with Crippen LogP contribution >= 0.6 is 0 Å². The van der Waals surface area contributed by atoms with E-state index >= 15 is 0 Å². The molecule has 22 heavy (non-hydrogen) atoms. The van der Waals surface area contributed by atoms with Gasteiger partial charge >= 0.3 is 0 Å². The van der Waals surface area contributed by atoms with Crippen LogP contribution in [0.25, 0.3) is 0 Å². The van der Waals surface area contributed by atoms with Crippen molar-refractivity contribution >= 4 is 17.4 Å². The number of hydrogen-bond acceptors (Lipinski definition) is 4. The van der Waals surface area contributed by atoms with Crippen molar-refractivity contribution in [3.63, 3.8) is 0 Å². The summed E-state index contributed by atoms with van der Waals surface area (Å²) in [5.74, 6) is -1.35. The Hall–Kier alpha value is -2.83. The highest BCUT2D eigenvalue weighted by molar-refractivity contribution is 6.03. The highest BCUT2D eigenvalue weighted by atomic mass is 19.1. The second-order valence-corrected chi connectivity index (χ2v) is 4.43. The van der Waals surface area contributed by atoms with Crippen molar-refractivity contribution < 1.29 is 13.6 Å². The summed E-state index contributed by atoms with van der Waals surface area (Å²) in [4.78, 5) is 20.2. The third-order valence-corrected chi connectivity index (χ3v) is 2.68. The fourth-order valence-electron chi connectivity index (χ4n) is 1.73. The molecule has 1 aromatic heterocycles. The first kappa shape index (κ1) is 15.6. The van der Waals surface area contributed by atoms with E-state index in [1.807, 2.05) is 0 Å². The highest BCUT2D eigenvalue weighted by Crippen LogP contribution is 2.16. The van der Waals surface area contributed by atoms with E-state index in [2.05, 4.69) is 27.2 Å². The Bertz CT molecular complexity index is 719. The molecule has 2 rings (SSSR count). The molecule has 7 heteroatoms. The largest absolute Gasteiger partial charge is 0.366 e. The summed E-state index contributed by atoms with van der Waals surface area (Å²) < 4.78 is 26.4. The van der Waals surface area contributed by atoms with Gasteiger partial charge in [0.2, 0.25) is 0 Å². The Kier molecular flexibility index (Phi) is 4.77. The molecule has 0 saturated carbocycles. The zero-order valence-electron chi connectivity index (χ0n) is 11.9. The number of carbonyl (C=O) groups excluding carboxylic acids is 1. The lowest BCUT2D eigenvalue weighted by Crippen LogP contribution is -2.16. The van der Waals surface area contributed by atoms with Crippen molar-refractivity contribution in [1.29, 1.82) is 0 Å². The lowest BCUT2D eigenvalue weighted by atomic mass is 10.2. The van der Waals surface area contributed by atoms with Crippen LogP contribution in [0.2, 0.25) is 0 Å². The van der Waals surface area contributed by atoms with Crippen molar-refractivity contribution in [1.82, 2.24) is 9.97 Å². The first-order valence-corrected chi connectivity index (χ1v) is 6.46. The molecule has 0 radical (unpaired) electrons. The van der Waals surface area contributed by atoms with Crippen LogP contribution in [-0.2, 0) is 0 Å². The van der Waals surface area contributed by atoms with Gasteiger partial charge in [0.1, 0.15) is 29.0 Å². The van der Waals surface area contributed by atoms with E-state index in [0.29, 0.717) is 24.3 Å². The van der Waals surface area contributed by atoms with E-state index in [1.54, 1.807) is 13.0 Å². The molecule has 0 bridgehead atoms. The molecule has 0 saturated heterocycles. The van der Waals surface area contributed by atoms with Gasteiger partial charge in [0, 0.05) is 18.7 Å². The van der Waals surface area contributed by atoms with Crippen molar-refractivity contribution in [3.8, 4) is 0 Å². The van der Waals surface area contributed by atoms with Gasteiger partial charge in [0.05, 0.1) is 5.69 Å². The molecule has 2 N–H and O–H groups in total. The van der Waals surface area contributed by atoms with Crippen molar-refractivity contribution in [3.05, 3.63) is 60.1 Å². The normalized spacial score (nSPS) is 10.1. The standard InChI is InChI=1S/C15H14F2N4O/c1-3-6-18-14-8-13(19-9(2)20-14)15(22)21-12-5-4-10(16)7-11(12)17/h3-5,7-8H,1,6H2,2H3,(H,21,22)(H,18,19,20). The molecule has 0 unspecified atom stereocenters. The van der Waals surface area contributed by atoms with Crippen molar-refractivity contribution in [2.24, 2.45) is 0 Å². The molecule has 1 aromatic carbocycles. The average Bonchev–Trinajstić information content (AvgIpc) is 2.47. The number of aryl methyl sites for hydroxylation is 1. The molecule has 0 atom stereocenters. The zero-order chi connectivity index (χ0) is 16.1. The third kappa shape index (κ3) is 3.85. The highest BCUT2D eigenvalue weighted by Gasteiger charge is 2.13. The Morgan fingerprint density at radius 1 is 1.32 bits per heavy atom. The number of benzene rings is 1. The second kappa shape index (κ2) is 6.75. The van der Waals surface area contributed by atoms with Gasteiger partial charge in [-0.05, 0) is 19.1 Å². The minimum absolute atomic E-state index is 0.0720. The SMILES string of the molecule is C=CCNc1cc(C(=O)Nc2ccc(F)cc2F)nc(C)n1. The van der Waals surface area contributed by atoms with Crippen LogP contribution in [-0.4, -0.2) is 22.4 Å². The van der Waals surface area contributed by atoms with Gasteiger partial charge < -0.3 is 10.6 Å². The van der Waals surface area contributed by atoms with Crippen LogP contribution in [0.5, 0.6) is 0 Å². The van der Waals surface area contributed by atoms with E-state index in [9.17, 15) is 13.6 Å². The minimum Gasteiger partial charge on any atom is -0.366 e. The lowest BCUT2D eigenvalue weighted by Gasteiger charge is -2.08.